The highest BCUT2D eigenvalue weighted by Crippen LogP contribution is 2.75. The summed E-state index contributed by atoms with van der Waals surface area (Å²) in [5.74, 6) is 0.440. The number of aliphatic hydroxyl groups excluding tert-OH is 3. The lowest BCUT2D eigenvalue weighted by atomic mass is 9.36. The molecule has 2 heterocycles. The van der Waals surface area contributed by atoms with Crippen molar-refractivity contribution in [3.05, 3.63) is 35.8 Å². The van der Waals surface area contributed by atoms with Crippen molar-refractivity contribution in [1.82, 2.24) is 0 Å². The lowest BCUT2D eigenvalue weighted by Crippen LogP contribution is -2.72. The molecule has 3 N–H and O–H groups in total. The van der Waals surface area contributed by atoms with Crippen molar-refractivity contribution < 1.29 is 24.5 Å². The first-order valence-corrected chi connectivity index (χ1v) is 12.0. The van der Waals surface area contributed by atoms with E-state index in [4.69, 9.17) is 9.15 Å². The van der Waals surface area contributed by atoms with Gasteiger partial charge in [0.15, 0.2) is 0 Å². The molecule has 1 aliphatic heterocycles. The van der Waals surface area contributed by atoms with Crippen molar-refractivity contribution in [3.63, 3.8) is 0 Å². The van der Waals surface area contributed by atoms with E-state index in [1.54, 1.807) is 6.26 Å². The molecule has 1 aromatic rings. The number of fused-ring (bicyclic) bond motifs is 4. The molecule has 1 aromatic heterocycles. The molecule has 170 valence electrons. The Morgan fingerprint density at radius 2 is 1.84 bits per heavy atom. The Kier molecular flexibility index (Phi) is 3.99. The molecular formula is C26H36O5. The van der Waals surface area contributed by atoms with E-state index in [-0.39, 0.29) is 23.4 Å². The number of ether oxygens (including phenoxy) is 1. The van der Waals surface area contributed by atoms with Gasteiger partial charge in [-0.05, 0) is 48.1 Å². The summed E-state index contributed by atoms with van der Waals surface area (Å²) < 4.78 is 11.7. The van der Waals surface area contributed by atoms with Crippen LogP contribution in [0, 0.1) is 33.5 Å². The smallest absolute Gasteiger partial charge is 0.0937 e. The Hall–Kier alpha value is -1.14. The van der Waals surface area contributed by atoms with Crippen LogP contribution in [0.4, 0.5) is 0 Å². The van der Waals surface area contributed by atoms with Crippen LogP contribution in [0.15, 0.2) is 34.7 Å². The molecule has 5 aliphatic rings. The van der Waals surface area contributed by atoms with Crippen molar-refractivity contribution in [2.24, 2.45) is 33.5 Å². The van der Waals surface area contributed by atoms with Gasteiger partial charge in [-0.3, -0.25) is 0 Å². The van der Waals surface area contributed by atoms with Gasteiger partial charge in [-0.15, -0.1) is 0 Å². The largest absolute Gasteiger partial charge is 0.472 e. The second kappa shape index (κ2) is 6.05. The Bertz CT molecular complexity index is 924. The third-order valence-corrected chi connectivity index (χ3v) is 11.0. The molecule has 5 nitrogen and oxygen atoms in total. The highest BCUT2D eigenvalue weighted by molar-refractivity contribution is 5.41. The van der Waals surface area contributed by atoms with Gasteiger partial charge in [0.05, 0.1) is 43.5 Å². The van der Waals surface area contributed by atoms with Crippen LogP contribution in [0.5, 0.6) is 0 Å². The maximum atomic E-state index is 11.9. The molecule has 1 saturated heterocycles. The van der Waals surface area contributed by atoms with Crippen molar-refractivity contribution in [1.29, 1.82) is 0 Å². The topological polar surface area (TPSA) is 83.1 Å². The maximum Gasteiger partial charge on any atom is 0.0937 e. The van der Waals surface area contributed by atoms with Crippen molar-refractivity contribution in [3.8, 4) is 0 Å². The number of hydrogen-bond donors (Lipinski definition) is 3. The Morgan fingerprint density at radius 3 is 2.55 bits per heavy atom. The molecule has 11 atom stereocenters. The molecule has 4 fully saturated rings. The summed E-state index contributed by atoms with van der Waals surface area (Å²) in [6.45, 7) is 9.33. The minimum Gasteiger partial charge on any atom is -0.472 e. The zero-order valence-corrected chi connectivity index (χ0v) is 19.0. The first-order chi connectivity index (χ1) is 14.6. The van der Waals surface area contributed by atoms with E-state index in [1.807, 2.05) is 6.26 Å². The van der Waals surface area contributed by atoms with E-state index in [0.717, 1.165) is 19.3 Å². The lowest BCUT2D eigenvalue weighted by molar-refractivity contribution is -0.255. The zero-order valence-electron chi connectivity index (χ0n) is 19.0. The van der Waals surface area contributed by atoms with Gasteiger partial charge in [0, 0.05) is 28.6 Å². The Morgan fingerprint density at radius 1 is 1.06 bits per heavy atom. The van der Waals surface area contributed by atoms with Crippen molar-refractivity contribution >= 4 is 0 Å². The molecule has 0 amide bonds. The van der Waals surface area contributed by atoms with Gasteiger partial charge in [-0.1, -0.05) is 39.3 Å². The van der Waals surface area contributed by atoms with E-state index in [2.05, 4.69) is 39.8 Å². The molecule has 0 bridgehead atoms. The molecule has 4 aliphatic carbocycles. The summed E-state index contributed by atoms with van der Waals surface area (Å²) in [5.41, 5.74) is 1.24. The summed E-state index contributed by atoms with van der Waals surface area (Å²) in [7, 11) is 0. The molecule has 6 rings (SSSR count). The Labute approximate surface area is 184 Å². The van der Waals surface area contributed by atoms with Crippen molar-refractivity contribution in [2.45, 2.75) is 83.7 Å². The number of rotatable bonds is 1. The zero-order chi connectivity index (χ0) is 22.0. The highest BCUT2D eigenvalue weighted by atomic mass is 16.5. The lowest BCUT2D eigenvalue weighted by Gasteiger charge is -2.69. The fourth-order valence-corrected chi connectivity index (χ4v) is 9.50. The predicted octanol–water partition coefficient (Wildman–Crippen LogP) is 3.64. The minimum atomic E-state index is -0.649. The van der Waals surface area contributed by atoms with Crippen LogP contribution in [-0.4, -0.2) is 46.3 Å². The van der Waals surface area contributed by atoms with Gasteiger partial charge >= 0.3 is 0 Å². The van der Waals surface area contributed by atoms with Gasteiger partial charge in [-0.25, -0.2) is 0 Å². The van der Waals surface area contributed by atoms with E-state index < -0.39 is 34.6 Å². The third kappa shape index (κ3) is 2.13. The summed E-state index contributed by atoms with van der Waals surface area (Å²) in [5, 5.41) is 34.3. The average molecular weight is 429 g/mol. The maximum absolute atomic E-state index is 11.9. The molecule has 0 aromatic carbocycles. The molecular weight excluding hydrogens is 392 g/mol. The average Bonchev–Trinajstić information content (AvgIpc) is 3.43. The fraction of sp³-hybridized carbons (Fsp3) is 0.769. The van der Waals surface area contributed by atoms with Crippen LogP contribution in [0.25, 0.3) is 0 Å². The van der Waals surface area contributed by atoms with E-state index >= 15 is 0 Å². The predicted molar refractivity (Wildman–Crippen MR) is 115 cm³/mol. The Balaban J connectivity index is 1.49. The number of aliphatic hydroxyl groups is 3. The molecule has 0 unspecified atom stereocenters. The summed E-state index contributed by atoms with van der Waals surface area (Å²) in [6.07, 6.45) is 7.09. The number of allylic oxidation sites excluding steroid dienone is 1. The monoisotopic (exact) mass is 428 g/mol. The van der Waals surface area contributed by atoms with Crippen LogP contribution in [-0.2, 0) is 4.74 Å². The molecule has 3 saturated carbocycles. The SMILES string of the molecule is C[C@@]12CO[C@H]3[C@@H](O)[C@@]4(C)C5=CC[C@@H](c6ccoc6)[C@@]5(C)CC[C@H]4[C@@](C)([C@H]31)[C@@H](O)C[C@@H]2O. The van der Waals surface area contributed by atoms with Gasteiger partial charge in [0.25, 0.3) is 0 Å². The van der Waals surface area contributed by atoms with E-state index in [9.17, 15) is 15.3 Å². The summed E-state index contributed by atoms with van der Waals surface area (Å²) in [6, 6.07) is 2.08. The number of furan rings is 1. The van der Waals surface area contributed by atoms with E-state index in [1.165, 1.54) is 11.1 Å². The van der Waals surface area contributed by atoms with Crippen LogP contribution in [0.2, 0.25) is 0 Å². The van der Waals surface area contributed by atoms with Gasteiger partial charge < -0.3 is 24.5 Å². The minimum absolute atomic E-state index is 0.0413. The fourth-order valence-electron chi connectivity index (χ4n) is 9.50. The van der Waals surface area contributed by atoms with Crippen LogP contribution < -0.4 is 0 Å². The van der Waals surface area contributed by atoms with Crippen LogP contribution in [0.1, 0.15) is 64.9 Å². The molecule has 5 heteroatoms. The van der Waals surface area contributed by atoms with Gasteiger partial charge in [-0.2, -0.15) is 0 Å². The van der Waals surface area contributed by atoms with Crippen molar-refractivity contribution in [2.75, 3.05) is 6.61 Å². The van der Waals surface area contributed by atoms with Gasteiger partial charge in [0.2, 0.25) is 0 Å². The first-order valence-electron chi connectivity index (χ1n) is 12.0. The summed E-state index contributed by atoms with van der Waals surface area (Å²) >= 11 is 0. The number of hydrogen-bond acceptors (Lipinski definition) is 5. The highest BCUT2D eigenvalue weighted by Gasteiger charge is 2.76. The second-order valence-corrected chi connectivity index (χ2v) is 12.1. The quantitative estimate of drug-likeness (QED) is 0.595. The summed E-state index contributed by atoms with van der Waals surface area (Å²) in [4.78, 5) is 0. The standard InChI is InChI=1S/C26H36O5/c1-23-9-7-17-25(3,16(23)6-5-15(23)14-8-10-30-12-14)22(29)20-21-24(2,13-31-20)18(27)11-19(28)26(17,21)4/h6,8,10,12,15,17-22,27-29H,5,7,9,11,13H2,1-4H3/t15-,17+,18-,19-,20+,21+,22+,23+,24-,25-,26+/m0/s1. The molecule has 31 heavy (non-hydrogen) atoms. The molecule has 0 spiro atoms. The molecule has 0 radical (unpaired) electrons. The van der Waals surface area contributed by atoms with E-state index in [0.29, 0.717) is 18.9 Å². The van der Waals surface area contributed by atoms with Gasteiger partial charge in [0.1, 0.15) is 0 Å². The van der Waals surface area contributed by atoms with Crippen LogP contribution >= 0.6 is 0 Å². The third-order valence-electron chi connectivity index (χ3n) is 11.0. The first kappa shape index (κ1) is 20.5. The second-order valence-electron chi connectivity index (χ2n) is 12.1. The normalized spacial score (nSPS) is 57.8. The van der Waals surface area contributed by atoms with Crippen LogP contribution in [0.3, 0.4) is 0 Å².